The van der Waals surface area contributed by atoms with Crippen molar-refractivity contribution in [1.82, 2.24) is 4.98 Å². The Hall–Kier alpha value is -2.85. The Morgan fingerprint density at radius 2 is 1.81 bits per heavy atom. The zero-order valence-corrected chi connectivity index (χ0v) is 15.2. The largest absolute Gasteiger partial charge is 0.321 e. The zero-order chi connectivity index (χ0) is 18.3. The number of H-pyrrole nitrogens is 2. The summed E-state index contributed by atoms with van der Waals surface area (Å²) < 4.78 is 5.66. The minimum Gasteiger partial charge on any atom is -0.321 e. The second-order valence-corrected chi connectivity index (χ2v) is 7.02. The third-order valence-electron chi connectivity index (χ3n) is 4.47. The molecule has 0 aliphatic heterocycles. The number of rotatable bonds is 3. The highest BCUT2D eigenvalue weighted by Gasteiger charge is 2.23. The van der Waals surface area contributed by atoms with Crippen molar-refractivity contribution in [3.8, 4) is 22.5 Å². The van der Waals surface area contributed by atoms with Crippen LogP contribution in [-0.2, 0) is 0 Å². The van der Waals surface area contributed by atoms with Gasteiger partial charge >= 0.3 is 0 Å². The molecule has 0 amide bonds. The maximum absolute atomic E-state index is 12.9. The second-order valence-electron chi connectivity index (χ2n) is 6.58. The summed E-state index contributed by atoms with van der Waals surface area (Å²) in [5.41, 5.74) is 3.71. The van der Waals surface area contributed by atoms with Gasteiger partial charge in [-0.25, -0.2) is 4.52 Å². The first-order valence-electron chi connectivity index (χ1n) is 8.47. The first-order valence-corrected chi connectivity index (χ1v) is 8.85. The smallest absolute Gasteiger partial charge is 0.260 e. The van der Waals surface area contributed by atoms with Gasteiger partial charge in [-0.2, -0.15) is 0 Å². The second kappa shape index (κ2) is 6.46. The van der Waals surface area contributed by atoms with Gasteiger partial charge in [0.05, 0.1) is 11.6 Å². The predicted octanol–water partition coefficient (Wildman–Crippen LogP) is 5.05. The van der Waals surface area contributed by atoms with Crippen LogP contribution in [0.5, 0.6) is 0 Å². The fourth-order valence-electron chi connectivity index (χ4n) is 3.13. The van der Waals surface area contributed by atoms with E-state index in [1.165, 1.54) is 0 Å². The summed E-state index contributed by atoms with van der Waals surface area (Å²) in [5, 5.41) is 4.40. The molecule has 0 aliphatic carbocycles. The van der Waals surface area contributed by atoms with Crippen molar-refractivity contribution in [2.24, 2.45) is 0 Å². The molecule has 0 spiro atoms. The Bertz CT molecular complexity index is 1140. The molecule has 2 aromatic carbocycles. The van der Waals surface area contributed by atoms with Crippen LogP contribution in [0.15, 0.2) is 63.9 Å². The van der Waals surface area contributed by atoms with Crippen molar-refractivity contribution >= 4 is 22.5 Å². The molecule has 0 radical (unpaired) electrons. The molecule has 0 saturated carbocycles. The van der Waals surface area contributed by atoms with E-state index in [-0.39, 0.29) is 11.5 Å². The number of nitrogens with one attached hydrogen (secondary N) is 2. The van der Waals surface area contributed by atoms with E-state index in [9.17, 15) is 4.79 Å². The first kappa shape index (κ1) is 16.6. The van der Waals surface area contributed by atoms with Crippen LogP contribution in [0.1, 0.15) is 25.5 Å². The van der Waals surface area contributed by atoms with Crippen molar-refractivity contribution in [2.45, 2.75) is 19.8 Å². The van der Waals surface area contributed by atoms with Gasteiger partial charge in [-0.3, -0.25) is 4.79 Å². The average Bonchev–Trinajstić information content (AvgIpc) is 3.12. The van der Waals surface area contributed by atoms with Crippen molar-refractivity contribution in [3.05, 3.63) is 75.7 Å². The lowest BCUT2D eigenvalue weighted by molar-refractivity contribution is -0.614. The molecular formula is C21H18ClN2O2+. The summed E-state index contributed by atoms with van der Waals surface area (Å²) in [4.78, 5) is 15.9. The lowest BCUT2D eigenvalue weighted by Gasteiger charge is -2.11. The fraction of sp³-hybridized carbons (Fsp3) is 0.143. The molecule has 4 aromatic rings. The number of halogens is 1. The van der Waals surface area contributed by atoms with Gasteiger partial charge in [0.25, 0.3) is 5.56 Å². The van der Waals surface area contributed by atoms with E-state index in [4.69, 9.17) is 16.1 Å². The molecule has 0 unspecified atom stereocenters. The maximum atomic E-state index is 12.9. The van der Waals surface area contributed by atoms with Gasteiger partial charge < -0.3 is 4.98 Å². The Labute approximate surface area is 155 Å². The summed E-state index contributed by atoms with van der Waals surface area (Å²) in [6.07, 6.45) is 0. The monoisotopic (exact) mass is 365 g/mol. The fourth-order valence-corrected chi connectivity index (χ4v) is 3.30. The van der Waals surface area contributed by atoms with Crippen LogP contribution < -0.4 is 10.7 Å². The molecule has 0 fully saturated rings. The van der Waals surface area contributed by atoms with E-state index in [0.29, 0.717) is 16.3 Å². The standard InChI is InChI=1S/C21H17ClN2O2/c1-12(2)17-11-18(26-24-17)20-19(13-6-4-3-5-7-13)15-10-14(22)8-9-16(15)23-21(20)25/h3-12H,1-2H3,(H,23,25)/p+1. The minimum atomic E-state index is -0.197. The molecule has 0 bridgehead atoms. The third-order valence-corrected chi connectivity index (χ3v) is 4.71. The van der Waals surface area contributed by atoms with Crippen molar-refractivity contribution in [3.63, 3.8) is 0 Å². The minimum absolute atomic E-state index is 0.197. The molecule has 130 valence electrons. The Morgan fingerprint density at radius 3 is 2.50 bits per heavy atom. The molecule has 26 heavy (non-hydrogen) atoms. The highest BCUT2D eigenvalue weighted by atomic mass is 35.5. The number of benzene rings is 2. The molecular weight excluding hydrogens is 348 g/mol. The van der Waals surface area contributed by atoms with E-state index in [1.54, 1.807) is 6.07 Å². The van der Waals surface area contributed by atoms with Crippen LogP contribution in [0.25, 0.3) is 33.4 Å². The van der Waals surface area contributed by atoms with E-state index in [0.717, 1.165) is 27.7 Å². The highest BCUT2D eigenvalue weighted by molar-refractivity contribution is 6.31. The Morgan fingerprint density at radius 1 is 1.04 bits per heavy atom. The molecule has 2 heterocycles. The maximum Gasteiger partial charge on any atom is 0.260 e. The molecule has 0 aliphatic rings. The van der Waals surface area contributed by atoms with E-state index in [2.05, 4.69) is 24.0 Å². The number of pyridine rings is 1. The molecule has 0 saturated heterocycles. The van der Waals surface area contributed by atoms with Gasteiger partial charge in [0, 0.05) is 27.4 Å². The lowest BCUT2D eigenvalue weighted by atomic mass is 9.94. The van der Waals surface area contributed by atoms with Crippen LogP contribution in [0.3, 0.4) is 0 Å². The van der Waals surface area contributed by atoms with E-state index >= 15 is 0 Å². The first-order chi connectivity index (χ1) is 12.5. The number of aromatic nitrogens is 2. The van der Waals surface area contributed by atoms with Crippen molar-refractivity contribution in [2.75, 3.05) is 0 Å². The van der Waals surface area contributed by atoms with Crippen LogP contribution in [0.2, 0.25) is 5.02 Å². The Kier molecular flexibility index (Phi) is 4.13. The van der Waals surface area contributed by atoms with Gasteiger partial charge in [0.2, 0.25) is 11.5 Å². The van der Waals surface area contributed by atoms with Crippen LogP contribution >= 0.6 is 11.6 Å². The zero-order valence-electron chi connectivity index (χ0n) is 14.5. The van der Waals surface area contributed by atoms with Crippen LogP contribution in [0, 0.1) is 0 Å². The van der Waals surface area contributed by atoms with Gasteiger partial charge in [-0.1, -0.05) is 55.8 Å². The topological polar surface area (TPSA) is 60.1 Å². The van der Waals surface area contributed by atoms with E-state index < -0.39 is 0 Å². The summed E-state index contributed by atoms with van der Waals surface area (Å²) in [5.74, 6) is 0.775. The van der Waals surface area contributed by atoms with Gasteiger partial charge in [-0.15, -0.1) is 0 Å². The van der Waals surface area contributed by atoms with Gasteiger partial charge in [0.1, 0.15) is 0 Å². The number of hydrogen-bond acceptors (Lipinski definition) is 2. The SMILES string of the molecule is CC(C)c1cc(-c2c(-c3ccccc3)c3cc(Cl)ccc3[nH]c2=O)o[nH+]1. The Balaban J connectivity index is 2.11. The summed E-state index contributed by atoms with van der Waals surface area (Å²) >= 11 is 6.24. The highest BCUT2D eigenvalue weighted by Crippen LogP contribution is 2.36. The number of aromatic amines is 2. The third kappa shape index (κ3) is 2.82. The van der Waals surface area contributed by atoms with Crippen molar-refractivity contribution < 1.29 is 9.68 Å². The summed E-state index contributed by atoms with van der Waals surface area (Å²) in [6.45, 7) is 4.13. The quantitative estimate of drug-likeness (QED) is 0.552. The molecule has 5 heteroatoms. The van der Waals surface area contributed by atoms with Crippen LogP contribution in [0.4, 0.5) is 0 Å². The lowest BCUT2D eigenvalue weighted by Crippen LogP contribution is -2.11. The van der Waals surface area contributed by atoms with Gasteiger partial charge in [0.15, 0.2) is 0 Å². The summed E-state index contributed by atoms with van der Waals surface area (Å²) in [6, 6.07) is 17.2. The normalized spacial score (nSPS) is 11.4. The predicted molar refractivity (Wildman–Crippen MR) is 103 cm³/mol. The molecule has 2 N–H and O–H groups in total. The molecule has 4 rings (SSSR count). The molecule has 4 nitrogen and oxygen atoms in total. The average molecular weight is 366 g/mol. The van der Waals surface area contributed by atoms with E-state index in [1.807, 2.05) is 48.5 Å². The van der Waals surface area contributed by atoms with Crippen LogP contribution in [-0.4, -0.2) is 4.98 Å². The summed E-state index contributed by atoms with van der Waals surface area (Å²) in [7, 11) is 0. The number of hydrogen-bond donors (Lipinski definition) is 1. The molecule has 2 aromatic heterocycles. The van der Waals surface area contributed by atoms with Crippen molar-refractivity contribution in [1.29, 1.82) is 0 Å². The van der Waals surface area contributed by atoms with Gasteiger partial charge in [-0.05, 0) is 28.9 Å². The number of fused-ring (bicyclic) bond motifs is 1. The molecule has 0 atom stereocenters.